The van der Waals surface area contributed by atoms with Crippen LogP contribution >= 0.6 is 0 Å². The summed E-state index contributed by atoms with van der Waals surface area (Å²) in [6, 6.07) is 11.2. The van der Waals surface area contributed by atoms with Crippen LogP contribution in [0.2, 0.25) is 0 Å². The van der Waals surface area contributed by atoms with Gasteiger partial charge in [0.15, 0.2) is 11.5 Å². The zero-order valence-corrected chi connectivity index (χ0v) is 14.1. The molecule has 0 spiro atoms. The van der Waals surface area contributed by atoms with Gasteiger partial charge in [-0.05, 0) is 24.3 Å². The number of fused-ring (bicyclic) bond motifs is 2. The Hall–Kier alpha value is -3.81. The number of carbonyl (C=O) groups is 1. The van der Waals surface area contributed by atoms with Gasteiger partial charge in [-0.1, -0.05) is 12.1 Å². The van der Waals surface area contributed by atoms with Crippen molar-refractivity contribution >= 4 is 23.0 Å². The molecule has 4 rings (SSSR count). The number of carbonyl (C=O) groups excluding carboxylic acids is 1. The number of aromatic hydroxyl groups is 1. The van der Waals surface area contributed by atoms with E-state index >= 15 is 0 Å². The molecule has 0 fully saturated rings. The van der Waals surface area contributed by atoms with E-state index in [2.05, 4.69) is 15.5 Å². The summed E-state index contributed by atoms with van der Waals surface area (Å²) in [6.07, 6.45) is 1.24. The lowest BCUT2D eigenvalue weighted by molar-refractivity contribution is 0.0952. The fraction of sp³-hybridized carbons (Fsp3) is 0.105. The molecular formula is C19H15N3O5. The summed E-state index contributed by atoms with van der Waals surface area (Å²) in [5, 5.41) is 14.2. The second kappa shape index (κ2) is 6.83. The van der Waals surface area contributed by atoms with Crippen LogP contribution in [-0.4, -0.2) is 35.4 Å². The zero-order valence-electron chi connectivity index (χ0n) is 14.1. The van der Waals surface area contributed by atoms with Gasteiger partial charge in [0.25, 0.3) is 11.5 Å². The van der Waals surface area contributed by atoms with Crippen molar-refractivity contribution in [1.29, 1.82) is 0 Å². The van der Waals surface area contributed by atoms with E-state index in [0.717, 1.165) is 5.39 Å². The number of aromatic amines is 1. The zero-order chi connectivity index (χ0) is 18.8. The van der Waals surface area contributed by atoms with Crippen molar-refractivity contribution in [2.24, 2.45) is 5.10 Å². The van der Waals surface area contributed by atoms with Gasteiger partial charge < -0.3 is 19.6 Å². The third-order valence-electron chi connectivity index (χ3n) is 4.05. The number of nitrogens with zero attached hydrogens (tertiary/aromatic N) is 1. The highest BCUT2D eigenvalue weighted by molar-refractivity contribution is 5.97. The number of hydrogen-bond acceptors (Lipinski definition) is 6. The predicted octanol–water partition coefficient (Wildman–Crippen LogP) is 1.77. The number of aromatic nitrogens is 1. The molecule has 8 nitrogen and oxygen atoms in total. The molecule has 0 atom stereocenters. The van der Waals surface area contributed by atoms with Gasteiger partial charge >= 0.3 is 0 Å². The molecular weight excluding hydrogens is 350 g/mol. The summed E-state index contributed by atoms with van der Waals surface area (Å²) in [5.41, 5.74) is 2.89. The fourth-order valence-electron chi connectivity index (χ4n) is 2.74. The molecule has 3 N–H and O–H groups in total. The second-order valence-electron chi connectivity index (χ2n) is 5.85. The molecule has 0 unspecified atom stereocenters. The fourth-order valence-corrected chi connectivity index (χ4v) is 2.74. The summed E-state index contributed by atoms with van der Waals surface area (Å²) in [7, 11) is 0. The molecule has 0 aliphatic carbocycles. The highest BCUT2D eigenvalue weighted by Gasteiger charge is 2.14. The molecule has 1 amide bonds. The average Bonchev–Trinajstić information content (AvgIpc) is 2.67. The molecule has 8 heteroatoms. The largest absolute Gasteiger partial charge is 0.507 e. The number of benzene rings is 2. The van der Waals surface area contributed by atoms with Crippen LogP contribution in [0.25, 0.3) is 10.9 Å². The highest BCUT2D eigenvalue weighted by atomic mass is 16.6. The lowest BCUT2D eigenvalue weighted by Gasteiger charge is -2.18. The van der Waals surface area contributed by atoms with Crippen molar-refractivity contribution < 1.29 is 19.4 Å². The third kappa shape index (κ3) is 3.32. The lowest BCUT2D eigenvalue weighted by Crippen LogP contribution is -2.19. The van der Waals surface area contributed by atoms with Crippen molar-refractivity contribution in [2.75, 3.05) is 13.2 Å². The average molecular weight is 365 g/mol. The smallest absolute Gasteiger partial charge is 0.275 e. The quantitative estimate of drug-likeness (QED) is 0.484. The summed E-state index contributed by atoms with van der Waals surface area (Å²) in [5.74, 6) is 0.458. The van der Waals surface area contributed by atoms with Crippen molar-refractivity contribution in [1.82, 2.24) is 10.4 Å². The predicted molar refractivity (Wildman–Crippen MR) is 98.7 cm³/mol. The van der Waals surface area contributed by atoms with Crippen molar-refractivity contribution in [3.8, 4) is 17.2 Å². The lowest BCUT2D eigenvalue weighted by atomic mass is 10.1. The molecule has 0 bridgehead atoms. The molecule has 0 saturated carbocycles. The van der Waals surface area contributed by atoms with Gasteiger partial charge in [0, 0.05) is 11.5 Å². The van der Waals surface area contributed by atoms with Gasteiger partial charge in [0.2, 0.25) is 0 Å². The number of pyridine rings is 1. The van der Waals surface area contributed by atoms with E-state index < -0.39 is 5.91 Å². The number of nitrogens with one attached hydrogen (secondary N) is 2. The molecule has 27 heavy (non-hydrogen) atoms. The Kier molecular flexibility index (Phi) is 4.21. The molecule has 1 aromatic heterocycles. The number of hydrazone groups is 1. The Morgan fingerprint density at radius 2 is 1.89 bits per heavy atom. The number of H-pyrrole nitrogens is 1. The number of phenols is 1. The van der Waals surface area contributed by atoms with Crippen LogP contribution in [0.15, 0.2) is 52.4 Å². The SMILES string of the molecule is O=C(N/N=C\c1cc2cc3c(cc2[nH]c1=O)OCCO3)c1ccccc1O. The molecule has 2 heterocycles. The van der Waals surface area contributed by atoms with E-state index in [1.54, 1.807) is 30.3 Å². The van der Waals surface area contributed by atoms with Crippen LogP contribution in [-0.2, 0) is 0 Å². The van der Waals surface area contributed by atoms with Gasteiger partial charge in [-0.2, -0.15) is 5.10 Å². The molecule has 0 saturated heterocycles. The van der Waals surface area contributed by atoms with Crippen LogP contribution < -0.4 is 20.5 Å². The minimum absolute atomic E-state index is 0.0887. The van der Waals surface area contributed by atoms with Crippen LogP contribution in [0, 0.1) is 0 Å². The molecule has 1 aliphatic heterocycles. The monoisotopic (exact) mass is 365 g/mol. The number of ether oxygens (including phenoxy) is 2. The van der Waals surface area contributed by atoms with Crippen molar-refractivity contribution in [2.45, 2.75) is 0 Å². The molecule has 136 valence electrons. The van der Waals surface area contributed by atoms with Gasteiger partial charge in [-0.15, -0.1) is 0 Å². The van der Waals surface area contributed by atoms with E-state index in [9.17, 15) is 14.7 Å². The summed E-state index contributed by atoms with van der Waals surface area (Å²) in [6.45, 7) is 0.929. The molecule has 0 radical (unpaired) electrons. The second-order valence-corrected chi connectivity index (χ2v) is 5.85. The Bertz CT molecular complexity index is 1120. The maximum Gasteiger partial charge on any atom is 0.275 e. The number of hydrogen-bond donors (Lipinski definition) is 3. The van der Waals surface area contributed by atoms with Gasteiger partial charge in [-0.3, -0.25) is 9.59 Å². The van der Waals surface area contributed by atoms with Gasteiger partial charge in [0.1, 0.15) is 19.0 Å². The molecule has 2 aromatic carbocycles. The summed E-state index contributed by atoms with van der Waals surface area (Å²) >= 11 is 0. The number of para-hydroxylation sites is 1. The topological polar surface area (TPSA) is 113 Å². The Balaban J connectivity index is 1.59. The highest BCUT2D eigenvalue weighted by Crippen LogP contribution is 2.33. The first-order valence-electron chi connectivity index (χ1n) is 8.20. The van der Waals surface area contributed by atoms with E-state index in [1.165, 1.54) is 18.3 Å². The van der Waals surface area contributed by atoms with Crippen molar-refractivity contribution in [3.63, 3.8) is 0 Å². The van der Waals surface area contributed by atoms with E-state index in [1.807, 2.05) is 0 Å². The van der Waals surface area contributed by atoms with E-state index in [-0.39, 0.29) is 22.4 Å². The maximum absolute atomic E-state index is 12.2. The summed E-state index contributed by atoms with van der Waals surface area (Å²) in [4.78, 5) is 27.0. The maximum atomic E-state index is 12.2. The number of amides is 1. The van der Waals surface area contributed by atoms with Gasteiger partial charge in [0.05, 0.1) is 22.9 Å². The standard InChI is InChI=1S/C19H15N3O5/c23-15-4-2-1-3-13(15)19(25)22-20-10-12-7-11-8-16-17(27-6-5-26-16)9-14(11)21-18(12)24/h1-4,7-10,23H,5-6H2,(H,21,24)(H,22,25)/b20-10-. The van der Waals surface area contributed by atoms with Crippen LogP contribution in [0.1, 0.15) is 15.9 Å². The Labute approximate surface area is 153 Å². The van der Waals surface area contributed by atoms with Crippen LogP contribution in [0.3, 0.4) is 0 Å². The van der Waals surface area contributed by atoms with Crippen LogP contribution in [0.5, 0.6) is 17.2 Å². The first-order valence-corrected chi connectivity index (χ1v) is 8.20. The first-order chi connectivity index (χ1) is 13.1. The summed E-state index contributed by atoms with van der Waals surface area (Å²) < 4.78 is 11.0. The number of phenolic OH excluding ortho intramolecular Hbond substituents is 1. The first kappa shape index (κ1) is 16.6. The molecule has 3 aromatic rings. The van der Waals surface area contributed by atoms with E-state index in [4.69, 9.17) is 9.47 Å². The Morgan fingerprint density at radius 3 is 2.67 bits per heavy atom. The molecule has 1 aliphatic rings. The van der Waals surface area contributed by atoms with Crippen LogP contribution in [0.4, 0.5) is 0 Å². The van der Waals surface area contributed by atoms with Gasteiger partial charge in [-0.25, -0.2) is 5.43 Å². The number of rotatable bonds is 3. The third-order valence-corrected chi connectivity index (χ3v) is 4.05. The van der Waals surface area contributed by atoms with Crippen molar-refractivity contribution in [3.05, 3.63) is 63.9 Å². The minimum atomic E-state index is -0.582. The minimum Gasteiger partial charge on any atom is -0.507 e. The Morgan fingerprint density at radius 1 is 1.15 bits per heavy atom. The van der Waals surface area contributed by atoms with E-state index in [0.29, 0.717) is 30.2 Å². The normalized spacial score (nSPS) is 13.0.